The molecule has 0 aromatic heterocycles. The Morgan fingerprint density at radius 2 is 2.13 bits per heavy atom. The molecule has 0 aliphatic carbocycles. The van der Waals surface area contributed by atoms with Crippen LogP contribution in [0.15, 0.2) is 24.3 Å². The Labute approximate surface area is 133 Å². The predicted octanol–water partition coefficient (Wildman–Crippen LogP) is 2.29. The van der Waals surface area contributed by atoms with Gasteiger partial charge in [0.15, 0.2) is 0 Å². The van der Waals surface area contributed by atoms with Crippen LogP contribution < -0.4 is 5.32 Å². The number of methoxy groups -OCH3 is 1. The second-order valence-electron chi connectivity index (χ2n) is 5.78. The molecule has 0 spiro atoms. The lowest BCUT2D eigenvalue weighted by Gasteiger charge is -2.19. The first kappa shape index (κ1) is 17.7. The van der Waals surface area contributed by atoms with Gasteiger partial charge in [-0.1, -0.05) is 18.2 Å². The lowest BCUT2D eigenvalue weighted by atomic mass is 10.1. The van der Waals surface area contributed by atoms with E-state index in [-0.39, 0.29) is 25.0 Å². The number of alkyl halides is 3. The van der Waals surface area contributed by atoms with Crippen LogP contribution in [-0.2, 0) is 22.3 Å². The molecule has 1 heterocycles. The van der Waals surface area contributed by atoms with Crippen LogP contribution in [-0.4, -0.2) is 44.2 Å². The Morgan fingerprint density at radius 3 is 2.83 bits per heavy atom. The highest BCUT2D eigenvalue weighted by atomic mass is 19.4. The number of rotatable bonds is 6. The summed E-state index contributed by atoms with van der Waals surface area (Å²) in [6.07, 6.45) is -3.47. The lowest BCUT2D eigenvalue weighted by Crippen LogP contribution is -2.33. The monoisotopic (exact) mass is 330 g/mol. The van der Waals surface area contributed by atoms with Gasteiger partial charge in [-0.05, 0) is 30.5 Å². The van der Waals surface area contributed by atoms with E-state index in [1.807, 2.05) is 4.90 Å². The van der Waals surface area contributed by atoms with Gasteiger partial charge in [0.2, 0.25) is 5.91 Å². The molecule has 0 radical (unpaired) electrons. The molecule has 2 rings (SSSR count). The molecule has 1 aliphatic heterocycles. The maximum absolute atomic E-state index is 13.0. The second-order valence-corrected chi connectivity index (χ2v) is 5.78. The van der Waals surface area contributed by atoms with Gasteiger partial charge in [0, 0.05) is 26.7 Å². The summed E-state index contributed by atoms with van der Waals surface area (Å²) in [4.78, 5) is 13.4. The quantitative estimate of drug-likeness (QED) is 0.870. The van der Waals surface area contributed by atoms with E-state index in [9.17, 15) is 18.0 Å². The molecule has 1 atom stereocenters. The van der Waals surface area contributed by atoms with Crippen molar-refractivity contribution in [1.82, 2.24) is 10.2 Å². The third-order valence-corrected chi connectivity index (χ3v) is 3.95. The van der Waals surface area contributed by atoms with Crippen LogP contribution in [0, 0.1) is 5.92 Å². The van der Waals surface area contributed by atoms with E-state index in [0.717, 1.165) is 19.0 Å². The van der Waals surface area contributed by atoms with E-state index >= 15 is 0 Å². The van der Waals surface area contributed by atoms with Crippen molar-refractivity contribution in [2.24, 2.45) is 5.92 Å². The number of benzene rings is 1. The smallest absolute Gasteiger partial charge is 0.375 e. The summed E-state index contributed by atoms with van der Waals surface area (Å²) in [5.74, 6) is 0.0854. The molecule has 1 unspecified atom stereocenters. The number of carbonyl (C=O) groups is 1. The van der Waals surface area contributed by atoms with Crippen molar-refractivity contribution >= 4 is 5.91 Å². The van der Waals surface area contributed by atoms with Crippen molar-refractivity contribution in [3.8, 4) is 0 Å². The van der Waals surface area contributed by atoms with Crippen molar-refractivity contribution in [1.29, 1.82) is 0 Å². The highest BCUT2D eigenvalue weighted by Gasteiger charge is 2.34. The first-order valence-electron chi connectivity index (χ1n) is 7.53. The zero-order chi connectivity index (χ0) is 16.9. The van der Waals surface area contributed by atoms with Crippen molar-refractivity contribution in [3.05, 3.63) is 35.4 Å². The van der Waals surface area contributed by atoms with E-state index in [0.29, 0.717) is 18.7 Å². The van der Waals surface area contributed by atoms with Gasteiger partial charge >= 0.3 is 6.18 Å². The number of likely N-dealkylation sites (tertiary alicyclic amines) is 1. The van der Waals surface area contributed by atoms with Gasteiger partial charge in [0.05, 0.1) is 5.56 Å². The number of hydrogen-bond donors (Lipinski definition) is 1. The summed E-state index contributed by atoms with van der Waals surface area (Å²) in [6, 6.07) is 5.68. The van der Waals surface area contributed by atoms with Crippen LogP contribution >= 0.6 is 0 Å². The number of nitrogens with one attached hydrogen (secondary N) is 1. The zero-order valence-corrected chi connectivity index (χ0v) is 13.0. The van der Waals surface area contributed by atoms with Gasteiger partial charge in [-0.15, -0.1) is 0 Å². The minimum atomic E-state index is -4.33. The Hall–Kier alpha value is -1.60. The third kappa shape index (κ3) is 5.21. The van der Waals surface area contributed by atoms with Crippen molar-refractivity contribution in [2.75, 3.05) is 33.4 Å². The van der Waals surface area contributed by atoms with Gasteiger partial charge in [-0.3, -0.25) is 9.69 Å². The molecule has 7 heteroatoms. The predicted molar refractivity (Wildman–Crippen MR) is 79.7 cm³/mol. The van der Waals surface area contributed by atoms with Crippen LogP contribution in [0.2, 0.25) is 0 Å². The van der Waals surface area contributed by atoms with E-state index in [1.165, 1.54) is 19.2 Å². The number of nitrogens with zero attached hydrogens (tertiary/aromatic N) is 1. The molecule has 1 aromatic rings. The van der Waals surface area contributed by atoms with Crippen molar-refractivity contribution < 1.29 is 22.7 Å². The fraction of sp³-hybridized carbons (Fsp3) is 0.562. The summed E-state index contributed by atoms with van der Waals surface area (Å²) < 4.78 is 43.7. The molecule has 1 aliphatic rings. The summed E-state index contributed by atoms with van der Waals surface area (Å²) in [6.45, 7) is 2.24. The molecule has 1 aromatic carbocycles. The number of halogens is 3. The Morgan fingerprint density at radius 1 is 1.39 bits per heavy atom. The topological polar surface area (TPSA) is 41.6 Å². The summed E-state index contributed by atoms with van der Waals surface area (Å²) in [5.41, 5.74) is -0.277. The maximum Gasteiger partial charge on any atom is 0.416 e. The van der Waals surface area contributed by atoms with E-state index in [2.05, 4.69) is 5.32 Å². The van der Waals surface area contributed by atoms with Crippen LogP contribution in [0.25, 0.3) is 0 Å². The number of amides is 1. The Kier molecular flexibility index (Phi) is 6.01. The fourth-order valence-corrected chi connectivity index (χ4v) is 2.84. The van der Waals surface area contributed by atoms with E-state index in [4.69, 9.17) is 4.74 Å². The largest absolute Gasteiger partial charge is 0.416 e. The van der Waals surface area contributed by atoms with Gasteiger partial charge in [-0.2, -0.15) is 13.2 Å². The van der Waals surface area contributed by atoms with E-state index in [1.54, 1.807) is 6.07 Å². The summed E-state index contributed by atoms with van der Waals surface area (Å²) in [5, 5.41) is 2.77. The molecular formula is C16H21F3N2O2. The molecule has 0 saturated carbocycles. The normalized spacial score (nSPS) is 19.0. The number of hydrogen-bond acceptors (Lipinski definition) is 3. The Bertz CT molecular complexity index is 534. The van der Waals surface area contributed by atoms with Crippen molar-refractivity contribution in [3.63, 3.8) is 0 Å². The number of ether oxygens (including phenoxy) is 1. The highest BCUT2D eigenvalue weighted by Crippen LogP contribution is 2.33. The molecule has 1 N–H and O–H groups in total. The van der Waals surface area contributed by atoms with Crippen LogP contribution in [0.5, 0.6) is 0 Å². The molecule has 0 bridgehead atoms. The average Bonchev–Trinajstić information content (AvgIpc) is 2.92. The standard InChI is InChI=1S/C16H21F3N2O2/c1-23-11-15(22)20-8-12-6-7-21(9-12)10-13-4-2-3-5-14(13)16(17,18)19/h2-5,12H,6-11H2,1H3,(H,20,22). The Balaban J connectivity index is 1.88. The fourth-order valence-electron chi connectivity index (χ4n) is 2.84. The maximum atomic E-state index is 13.0. The first-order chi connectivity index (χ1) is 10.9. The lowest BCUT2D eigenvalue weighted by molar-refractivity contribution is -0.138. The average molecular weight is 330 g/mol. The molecular weight excluding hydrogens is 309 g/mol. The second kappa shape index (κ2) is 7.79. The third-order valence-electron chi connectivity index (χ3n) is 3.95. The van der Waals surface area contributed by atoms with Crippen LogP contribution in [0.4, 0.5) is 13.2 Å². The SMILES string of the molecule is COCC(=O)NCC1CCN(Cc2ccccc2C(F)(F)F)C1. The van der Waals surface area contributed by atoms with Gasteiger partial charge in [-0.25, -0.2) is 0 Å². The highest BCUT2D eigenvalue weighted by molar-refractivity contribution is 5.77. The minimum Gasteiger partial charge on any atom is -0.375 e. The molecule has 4 nitrogen and oxygen atoms in total. The van der Waals surface area contributed by atoms with Crippen molar-refractivity contribution in [2.45, 2.75) is 19.1 Å². The zero-order valence-electron chi connectivity index (χ0n) is 13.0. The van der Waals surface area contributed by atoms with Gasteiger partial charge < -0.3 is 10.1 Å². The van der Waals surface area contributed by atoms with Gasteiger partial charge in [0.25, 0.3) is 0 Å². The minimum absolute atomic E-state index is 0.0232. The molecule has 1 fully saturated rings. The molecule has 23 heavy (non-hydrogen) atoms. The van der Waals surface area contributed by atoms with E-state index < -0.39 is 11.7 Å². The molecule has 1 saturated heterocycles. The van der Waals surface area contributed by atoms with Crippen LogP contribution in [0.3, 0.4) is 0 Å². The van der Waals surface area contributed by atoms with Crippen LogP contribution in [0.1, 0.15) is 17.5 Å². The summed E-state index contributed by atoms with van der Waals surface area (Å²) >= 11 is 0. The van der Waals surface area contributed by atoms with Gasteiger partial charge in [0.1, 0.15) is 6.61 Å². The molecule has 128 valence electrons. The molecule has 1 amide bonds. The first-order valence-corrected chi connectivity index (χ1v) is 7.53. The summed E-state index contributed by atoms with van der Waals surface area (Å²) in [7, 11) is 1.45. The number of carbonyl (C=O) groups excluding carboxylic acids is 1.